The first-order valence-electron chi connectivity index (χ1n) is 13.0. The number of hydrogen-bond donors (Lipinski definition) is 1. The second kappa shape index (κ2) is 9.14. The van der Waals surface area contributed by atoms with Gasteiger partial charge < -0.3 is 4.90 Å². The third kappa shape index (κ3) is 4.00. The van der Waals surface area contributed by atoms with Gasteiger partial charge in [0.2, 0.25) is 0 Å². The van der Waals surface area contributed by atoms with Crippen molar-refractivity contribution in [3.63, 3.8) is 0 Å². The fraction of sp³-hybridized carbons (Fsp3) is 0.556. The van der Waals surface area contributed by atoms with Gasteiger partial charge in [-0.25, -0.2) is 9.50 Å². The third-order valence-corrected chi connectivity index (χ3v) is 8.79. The number of nitrogens with one attached hydrogen (secondary N) is 1. The highest BCUT2D eigenvalue weighted by molar-refractivity contribution is 6.31. The van der Waals surface area contributed by atoms with E-state index in [1.807, 2.05) is 18.2 Å². The second-order valence-corrected chi connectivity index (χ2v) is 10.9. The van der Waals surface area contributed by atoms with Crippen LogP contribution in [-0.4, -0.2) is 56.6 Å². The number of hydrogen-bond acceptors (Lipinski definition) is 4. The molecule has 1 saturated carbocycles. The van der Waals surface area contributed by atoms with E-state index in [1.165, 1.54) is 45.2 Å². The maximum absolute atomic E-state index is 13.0. The summed E-state index contributed by atoms with van der Waals surface area (Å²) in [6.45, 7) is 5.44. The molecule has 34 heavy (non-hydrogen) atoms. The zero-order valence-corrected chi connectivity index (χ0v) is 20.6. The van der Waals surface area contributed by atoms with Crippen molar-refractivity contribution in [3.05, 3.63) is 68.7 Å². The van der Waals surface area contributed by atoms with E-state index in [2.05, 4.69) is 27.0 Å². The molecule has 3 aliphatic rings. The van der Waals surface area contributed by atoms with Crippen LogP contribution in [-0.2, 0) is 12.0 Å². The Balaban J connectivity index is 1.20. The average Bonchev–Trinajstić information content (AvgIpc) is 3.25. The van der Waals surface area contributed by atoms with Gasteiger partial charge in [0, 0.05) is 53.9 Å². The van der Waals surface area contributed by atoms with Crippen LogP contribution in [0.3, 0.4) is 0 Å². The Hall–Kier alpha value is -2.15. The van der Waals surface area contributed by atoms with E-state index in [4.69, 9.17) is 16.6 Å². The van der Waals surface area contributed by atoms with Gasteiger partial charge in [-0.2, -0.15) is 0 Å². The molecule has 1 aromatic carbocycles. The molecular weight excluding hydrogens is 446 g/mol. The van der Waals surface area contributed by atoms with Crippen LogP contribution >= 0.6 is 11.6 Å². The summed E-state index contributed by atoms with van der Waals surface area (Å²) >= 11 is 6.59. The molecule has 6 nitrogen and oxygen atoms in total. The molecule has 2 aliphatic heterocycles. The molecule has 0 bridgehead atoms. The third-order valence-electron chi connectivity index (χ3n) is 8.47. The van der Waals surface area contributed by atoms with E-state index in [0.29, 0.717) is 5.65 Å². The minimum Gasteiger partial charge on any atom is -0.300 e. The van der Waals surface area contributed by atoms with Gasteiger partial charge in [0.05, 0.1) is 5.69 Å². The van der Waals surface area contributed by atoms with Crippen molar-refractivity contribution in [2.24, 2.45) is 0 Å². The number of rotatable bonds is 5. The Morgan fingerprint density at radius 2 is 1.76 bits per heavy atom. The van der Waals surface area contributed by atoms with Gasteiger partial charge in [-0.15, -0.1) is 0 Å². The van der Waals surface area contributed by atoms with Crippen molar-refractivity contribution in [3.8, 4) is 0 Å². The van der Waals surface area contributed by atoms with Gasteiger partial charge in [0.1, 0.15) is 0 Å². The molecule has 2 saturated heterocycles. The van der Waals surface area contributed by atoms with Crippen molar-refractivity contribution < 1.29 is 0 Å². The molecule has 0 amide bonds. The van der Waals surface area contributed by atoms with Crippen molar-refractivity contribution in [1.82, 2.24) is 24.4 Å². The summed E-state index contributed by atoms with van der Waals surface area (Å²) < 4.78 is 1.60. The quantitative estimate of drug-likeness (QED) is 0.581. The topological polar surface area (TPSA) is 56.6 Å². The number of fused-ring (bicyclic) bond motifs is 1. The molecule has 6 rings (SSSR count). The van der Waals surface area contributed by atoms with Gasteiger partial charge in [-0.05, 0) is 63.2 Å². The maximum atomic E-state index is 13.0. The highest BCUT2D eigenvalue weighted by atomic mass is 35.5. The standard InChI is InChI=1S/C27H34ClN5O/c28-23-8-3-2-7-22(23)27(11-6-12-27)24-18-25-29-20(17-26(34)33(25)30-24)19-31-15-9-21(10-16-31)32-13-4-1-5-14-32/h2-3,7-8,17-18,21,30H,1,4-6,9-16,19H2. The van der Waals surface area contributed by atoms with E-state index < -0.39 is 0 Å². The van der Waals surface area contributed by atoms with Crippen LogP contribution in [0.25, 0.3) is 5.65 Å². The normalized spacial score (nSPS) is 22.1. The molecule has 3 aromatic rings. The minimum absolute atomic E-state index is 0.0388. The number of piperidine rings is 2. The maximum Gasteiger partial charge on any atom is 0.272 e. The summed E-state index contributed by atoms with van der Waals surface area (Å²) in [5.41, 5.74) is 3.55. The Bertz CT molecular complexity index is 1220. The van der Waals surface area contributed by atoms with E-state index in [1.54, 1.807) is 10.6 Å². The van der Waals surface area contributed by atoms with Crippen molar-refractivity contribution in [2.75, 3.05) is 26.2 Å². The van der Waals surface area contributed by atoms with Crippen LogP contribution in [0.2, 0.25) is 5.02 Å². The average molecular weight is 480 g/mol. The summed E-state index contributed by atoms with van der Waals surface area (Å²) in [5.74, 6) is 0. The molecule has 3 fully saturated rings. The van der Waals surface area contributed by atoms with Crippen molar-refractivity contribution >= 4 is 17.2 Å². The highest BCUT2D eigenvalue weighted by Gasteiger charge is 2.43. The first-order chi connectivity index (χ1) is 16.6. The Morgan fingerprint density at radius 1 is 1.00 bits per heavy atom. The first kappa shape index (κ1) is 22.3. The van der Waals surface area contributed by atoms with Crippen molar-refractivity contribution in [2.45, 2.75) is 69.4 Å². The van der Waals surface area contributed by atoms with Gasteiger partial charge in [-0.1, -0.05) is 42.6 Å². The fourth-order valence-corrected chi connectivity index (χ4v) is 6.70. The van der Waals surface area contributed by atoms with Crippen LogP contribution in [0.15, 0.2) is 41.2 Å². The summed E-state index contributed by atoms with van der Waals surface area (Å²) in [6.07, 6.45) is 9.73. The summed E-state index contributed by atoms with van der Waals surface area (Å²) in [5, 5.41) is 4.16. The predicted molar refractivity (Wildman–Crippen MR) is 136 cm³/mol. The second-order valence-electron chi connectivity index (χ2n) is 10.5. The lowest BCUT2D eigenvalue weighted by atomic mass is 9.62. The zero-order chi connectivity index (χ0) is 23.1. The summed E-state index contributed by atoms with van der Waals surface area (Å²) in [7, 11) is 0. The lowest BCUT2D eigenvalue weighted by Crippen LogP contribution is -2.46. The summed E-state index contributed by atoms with van der Waals surface area (Å²) in [6, 6.07) is 12.6. The van der Waals surface area contributed by atoms with Crippen LogP contribution < -0.4 is 5.56 Å². The highest BCUT2D eigenvalue weighted by Crippen LogP contribution is 2.50. The largest absolute Gasteiger partial charge is 0.300 e. The van der Waals surface area contributed by atoms with E-state index >= 15 is 0 Å². The summed E-state index contributed by atoms with van der Waals surface area (Å²) in [4.78, 5) is 23.0. The smallest absolute Gasteiger partial charge is 0.272 e. The molecule has 0 spiro atoms. The van der Waals surface area contributed by atoms with Crippen LogP contribution in [0, 0.1) is 0 Å². The van der Waals surface area contributed by atoms with Gasteiger partial charge in [-0.3, -0.25) is 14.8 Å². The number of halogens is 1. The number of nitrogens with zero attached hydrogens (tertiary/aromatic N) is 4. The molecule has 4 heterocycles. The van der Waals surface area contributed by atoms with Crippen LogP contribution in [0.5, 0.6) is 0 Å². The number of aromatic amines is 1. The fourth-order valence-electron chi connectivity index (χ4n) is 6.39. The molecule has 1 N–H and O–H groups in total. The molecule has 180 valence electrons. The molecule has 0 atom stereocenters. The van der Waals surface area contributed by atoms with E-state index in [0.717, 1.165) is 66.9 Å². The number of H-pyrrole nitrogens is 1. The lowest BCUT2D eigenvalue weighted by molar-refractivity contribution is 0.0891. The minimum atomic E-state index is -0.158. The molecule has 0 radical (unpaired) electrons. The molecule has 7 heteroatoms. The lowest BCUT2D eigenvalue weighted by Gasteiger charge is -2.42. The monoisotopic (exact) mass is 479 g/mol. The van der Waals surface area contributed by atoms with Gasteiger partial charge in [0.25, 0.3) is 5.56 Å². The zero-order valence-electron chi connectivity index (χ0n) is 19.8. The molecule has 1 aliphatic carbocycles. The Morgan fingerprint density at radius 3 is 2.47 bits per heavy atom. The van der Waals surface area contributed by atoms with Gasteiger partial charge >= 0.3 is 0 Å². The van der Waals surface area contributed by atoms with Crippen LogP contribution in [0.4, 0.5) is 0 Å². The Kier molecular flexibility index (Phi) is 6.00. The molecule has 0 unspecified atom stereocenters. The van der Waals surface area contributed by atoms with E-state index in [9.17, 15) is 4.79 Å². The van der Waals surface area contributed by atoms with Gasteiger partial charge in [0.15, 0.2) is 5.65 Å². The molecule has 2 aromatic heterocycles. The van der Waals surface area contributed by atoms with Crippen LogP contribution in [0.1, 0.15) is 68.3 Å². The van der Waals surface area contributed by atoms with Crippen molar-refractivity contribution in [1.29, 1.82) is 0 Å². The van der Waals surface area contributed by atoms with E-state index in [-0.39, 0.29) is 11.0 Å². The number of aromatic nitrogens is 3. The number of likely N-dealkylation sites (tertiary alicyclic amines) is 2. The predicted octanol–water partition coefficient (Wildman–Crippen LogP) is 4.60. The molecular formula is C27H34ClN5O. The Labute approximate surface area is 205 Å². The first-order valence-corrected chi connectivity index (χ1v) is 13.3. The number of benzene rings is 1. The SMILES string of the molecule is O=c1cc(CN2CCC(N3CCCCC3)CC2)nc2cc(C3(c4ccccc4Cl)CCC3)[nH]n12.